The molecule has 2 fully saturated rings. The molecule has 1 aromatic carbocycles. The van der Waals surface area contributed by atoms with Gasteiger partial charge in [0.15, 0.2) is 0 Å². The third kappa shape index (κ3) is 7.61. The van der Waals surface area contributed by atoms with Crippen LogP contribution in [0.2, 0.25) is 0 Å². The van der Waals surface area contributed by atoms with Crippen LogP contribution in [0.3, 0.4) is 0 Å². The molecule has 6 heteroatoms. The van der Waals surface area contributed by atoms with Gasteiger partial charge in [-0.1, -0.05) is 37.6 Å². The lowest BCUT2D eigenvalue weighted by Gasteiger charge is -2.30. The van der Waals surface area contributed by atoms with Crippen molar-refractivity contribution in [2.75, 3.05) is 13.1 Å². The third-order valence-corrected chi connectivity index (χ3v) is 5.96. The second kappa shape index (κ2) is 11.9. The number of likely N-dealkylation sites (tertiary alicyclic amines) is 1. The normalized spacial score (nSPS) is 23.3. The first-order chi connectivity index (χ1) is 12.1. The van der Waals surface area contributed by atoms with Gasteiger partial charge in [0.25, 0.3) is 0 Å². The second-order valence-electron chi connectivity index (χ2n) is 8.11. The molecular weight excluding hydrogens is 381 g/mol. The van der Waals surface area contributed by atoms with Gasteiger partial charge in [-0.15, -0.1) is 24.8 Å². The zero-order valence-electron chi connectivity index (χ0n) is 16.4. The van der Waals surface area contributed by atoms with Crippen molar-refractivity contribution < 1.29 is 4.79 Å². The van der Waals surface area contributed by atoms with E-state index in [-0.39, 0.29) is 36.8 Å². The largest absolute Gasteiger partial charge is 0.352 e. The van der Waals surface area contributed by atoms with Gasteiger partial charge in [-0.3, -0.25) is 9.69 Å². The van der Waals surface area contributed by atoms with Crippen LogP contribution in [0.25, 0.3) is 0 Å². The summed E-state index contributed by atoms with van der Waals surface area (Å²) >= 11 is 0. The molecule has 0 bridgehead atoms. The Bertz CT molecular complexity index is 559. The Kier molecular flexibility index (Phi) is 10.7. The van der Waals surface area contributed by atoms with E-state index >= 15 is 0 Å². The Morgan fingerprint density at radius 1 is 1.07 bits per heavy atom. The quantitative estimate of drug-likeness (QED) is 0.740. The molecule has 0 radical (unpaired) electrons. The molecule has 1 aliphatic carbocycles. The van der Waals surface area contributed by atoms with Crippen LogP contribution in [0.4, 0.5) is 0 Å². The van der Waals surface area contributed by atoms with Crippen molar-refractivity contribution in [1.82, 2.24) is 10.2 Å². The predicted octanol–water partition coefficient (Wildman–Crippen LogP) is 3.90. The highest BCUT2D eigenvalue weighted by molar-refractivity contribution is 5.85. The number of nitrogens with two attached hydrogens (primary N) is 1. The Balaban J connectivity index is 0.00000182. The molecule has 1 aromatic rings. The van der Waals surface area contributed by atoms with Gasteiger partial charge in [-0.25, -0.2) is 0 Å². The number of piperidine rings is 1. The lowest BCUT2D eigenvalue weighted by atomic mass is 9.99. The molecule has 2 atom stereocenters. The van der Waals surface area contributed by atoms with Gasteiger partial charge >= 0.3 is 0 Å². The summed E-state index contributed by atoms with van der Waals surface area (Å²) in [6, 6.07) is 8.90. The van der Waals surface area contributed by atoms with Crippen LogP contribution in [-0.2, 0) is 17.9 Å². The lowest BCUT2D eigenvalue weighted by Crippen LogP contribution is -2.32. The molecule has 3 rings (SSSR count). The average Bonchev–Trinajstić information content (AvgIpc) is 3.01. The van der Waals surface area contributed by atoms with E-state index in [0.717, 1.165) is 31.7 Å². The molecule has 0 spiro atoms. The molecule has 4 nitrogen and oxygen atoms in total. The number of benzene rings is 1. The van der Waals surface area contributed by atoms with Crippen molar-refractivity contribution in [2.24, 2.45) is 17.6 Å². The maximum absolute atomic E-state index is 12.1. The molecule has 154 valence electrons. The highest BCUT2D eigenvalue weighted by Crippen LogP contribution is 2.26. The maximum atomic E-state index is 12.1. The Labute approximate surface area is 176 Å². The molecule has 0 aromatic heterocycles. The standard InChI is InChI=1S/C21H33N3O.2ClH/c1-16-9-11-24(12-10-16)15-18-7-5-17(6-8-18)14-23-21(25)13-19-3-2-4-20(19)22;;/h5-8,16,19-20H,2-4,9-15,22H2,1H3,(H,23,25);2*1H/t19-,20+;;/m0../s1. The van der Waals surface area contributed by atoms with Crippen LogP contribution in [0.1, 0.15) is 56.6 Å². The van der Waals surface area contributed by atoms with Crippen LogP contribution >= 0.6 is 24.8 Å². The summed E-state index contributed by atoms with van der Waals surface area (Å²) in [6.07, 6.45) is 6.53. The third-order valence-electron chi connectivity index (χ3n) is 5.96. The minimum Gasteiger partial charge on any atom is -0.352 e. The Morgan fingerprint density at radius 2 is 1.70 bits per heavy atom. The van der Waals surface area contributed by atoms with Gasteiger partial charge in [0, 0.05) is 25.6 Å². The number of hydrogen-bond acceptors (Lipinski definition) is 3. The van der Waals surface area contributed by atoms with Gasteiger partial charge in [0.1, 0.15) is 0 Å². The number of rotatable bonds is 6. The molecule has 2 aliphatic rings. The van der Waals surface area contributed by atoms with Crippen molar-refractivity contribution in [3.63, 3.8) is 0 Å². The smallest absolute Gasteiger partial charge is 0.220 e. The molecule has 1 heterocycles. The second-order valence-corrected chi connectivity index (χ2v) is 8.11. The van der Waals surface area contributed by atoms with E-state index in [9.17, 15) is 4.79 Å². The molecule has 1 saturated carbocycles. The van der Waals surface area contributed by atoms with Gasteiger partial charge in [0.05, 0.1) is 0 Å². The first-order valence-corrected chi connectivity index (χ1v) is 9.92. The molecule has 1 amide bonds. The Morgan fingerprint density at radius 3 is 2.30 bits per heavy atom. The van der Waals surface area contributed by atoms with E-state index in [1.54, 1.807) is 0 Å². The van der Waals surface area contributed by atoms with Crippen molar-refractivity contribution in [3.05, 3.63) is 35.4 Å². The summed E-state index contributed by atoms with van der Waals surface area (Å²) in [5.74, 6) is 1.38. The number of halogens is 2. The van der Waals surface area contributed by atoms with Crippen LogP contribution in [-0.4, -0.2) is 29.9 Å². The zero-order chi connectivity index (χ0) is 17.6. The summed E-state index contributed by atoms with van der Waals surface area (Å²) in [5.41, 5.74) is 8.58. The number of carbonyl (C=O) groups excluding carboxylic acids is 1. The van der Waals surface area contributed by atoms with Gasteiger partial charge in [-0.05, 0) is 61.7 Å². The fourth-order valence-corrected chi connectivity index (χ4v) is 4.07. The summed E-state index contributed by atoms with van der Waals surface area (Å²) in [4.78, 5) is 14.6. The zero-order valence-corrected chi connectivity index (χ0v) is 18.0. The number of amides is 1. The maximum Gasteiger partial charge on any atom is 0.220 e. The number of carbonyl (C=O) groups is 1. The molecule has 0 unspecified atom stereocenters. The molecule has 1 saturated heterocycles. The Hall–Kier alpha value is -0.810. The van der Waals surface area contributed by atoms with E-state index in [1.807, 2.05) is 0 Å². The minimum atomic E-state index is 0. The SMILES string of the molecule is CC1CCN(Cc2ccc(CNC(=O)C[C@@H]3CCC[C@H]3N)cc2)CC1.Cl.Cl. The van der Waals surface area contributed by atoms with Crippen molar-refractivity contribution in [2.45, 2.75) is 64.6 Å². The van der Waals surface area contributed by atoms with Crippen LogP contribution in [0, 0.1) is 11.8 Å². The topological polar surface area (TPSA) is 58.4 Å². The molecule has 1 aliphatic heterocycles. The van der Waals surface area contributed by atoms with Gasteiger partial charge in [0.2, 0.25) is 5.91 Å². The average molecular weight is 416 g/mol. The van der Waals surface area contributed by atoms with E-state index in [4.69, 9.17) is 5.73 Å². The first kappa shape index (κ1) is 24.2. The summed E-state index contributed by atoms with van der Waals surface area (Å²) in [5, 5.41) is 3.05. The van der Waals surface area contributed by atoms with E-state index < -0.39 is 0 Å². The fraction of sp³-hybridized carbons (Fsp3) is 0.667. The summed E-state index contributed by atoms with van der Waals surface area (Å²) in [6.45, 7) is 6.42. The molecule has 3 N–H and O–H groups in total. The van der Waals surface area contributed by atoms with Crippen LogP contribution in [0.5, 0.6) is 0 Å². The van der Waals surface area contributed by atoms with E-state index in [0.29, 0.717) is 18.9 Å². The van der Waals surface area contributed by atoms with Crippen molar-refractivity contribution in [1.29, 1.82) is 0 Å². The highest BCUT2D eigenvalue weighted by atomic mass is 35.5. The van der Waals surface area contributed by atoms with Crippen molar-refractivity contribution >= 4 is 30.7 Å². The molecule has 27 heavy (non-hydrogen) atoms. The molecular formula is C21H35Cl2N3O. The fourth-order valence-electron chi connectivity index (χ4n) is 4.07. The van der Waals surface area contributed by atoms with Gasteiger partial charge < -0.3 is 11.1 Å². The summed E-state index contributed by atoms with van der Waals surface area (Å²) < 4.78 is 0. The lowest BCUT2D eigenvalue weighted by molar-refractivity contribution is -0.122. The number of nitrogens with one attached hydrogen (secondary N) is 1. The predicted molar refractivity (Wildman–Crippen MR) is 116 cm³/mol. The van der Waals surface area contributed by atoms with E-state index in [2.05, 4.69) is 41.4 Å². The van der Waals surface area contributed by atoms with Crippen molar-refractivity contribution in [3.8, 4) is 0 Å². The summed E-state index contributed by atoms with van der Waals surface area (Å²) in [7, 11) is 0. The van der Waals surface area contributed by atoms with Crippen LogP contribution in [0.15, 0.2) is 24.3 Å². The monoisotopic (exact) mass is 415 g/mol. The first-order valence-electron chi connectivity index (χ1n) is 9.92. The van der Waals surface area contributed by atoms with Gasteiger partial charge in [-0.2, -0.15) is 0 Å². The highest BCUT2D eigenvalue weighted by Gasteiger charge is 2.25. The number of hydrogen-bond donors (Lipinski definition) is 2. The van der Waals surface area contributed by atoms with Crippen LogP contribution < -0.4 is 11.1 Å². The minimum absolute atomic E-state index is 0. The van der Waals surface area contributed by atoms with E-state index in [1.165, 1.54) is 37.1 Å². The number of nitrogens with zero attached hydrogens (tertiary/aromatic N) is 1.